The van der Waals surface area contributed by atoms with Crippen LogP contribution in [0.1, 0.15) is 62.2 Å². The van der Waals surface area contributed by atoms with Gasteiger partial charge >= 0.3 is 6.09 Å². The molecule has 3 amide bonds. The first kappa shape index (κ1) is 35.6. The first-order valence-electron chi connectivity index (χ1n) is 17.8. The molecule has 6 rings (SSSR count). The lowest BCUT2D eigenvalue weighted by Crippen LogP contribution is -2.57. The Labute approximate surface area is 299 Å². The van der Waals surface area contributed by atoms with Gasteiger partial charge < -0.3 is 41.1 Å². The Balaban J connectivity index is 1.05. The zero-order valence-electron chi connectivity index (χ0n) is 30.2. The number of rotatable bonds is 9. The maximum atomic E-state index is 13.5. The van der Waals surface area contributed by atoms with E-state index in [1.54, 1.807) is 6.20 Å². The number of carbonyl (C=O) groups is 3. The minimum Gasteiger partial charge on any atom is -0.453 e. The highest BCUT2D eigenvalue weighted by atomic mass is 16.5. The van der Waals surface area contributed by atoms with Crippen molar-refractivity contribution >= 4 is 35.1 Å². The number of alkyl carbamates (subject to hydrolysis) is 1. The SMILES string of the molecule is COC(=O)N[C@H](C(=O)N1CCC[C@H]1C1NC=C(c2ccc(-c3ccc(NC(=O)c4ccc(N5C[C@H](C)NC[C@H]5C)nc4)c(C)n3)cc2)N1)C(C)C. The molecule has 3 aliphatic heterocycles. The molecule has 51 heavy (non-hydrogen) atoms. The van der Waals surface area contributed by atoms with Gasteiger partial charge in [-0.3, -0.25) is 14.6 Å². The average Bonchev–Trinajstić information content (AvgIpc) is 3.83. The van der Waals surface area contributed by atoms with Crippen LogP contribution in [0.4, 0.5) is 16.3 Å². The number of hydrogen-bond donors (Lipinski definition) is 5. The molecule has 2 aromatic heterocycles. The van der Waals surface area contributed by atoms with Crippen LogP contribution in [0.3, 0.4) is 0 Å². The van der Waals surface area contributed by atoms with Crippen molar-refractivity contribution in [2.45, 2.75) is 77.8 Å². The summed E-state index contributed by atoms with van der Waals surface area (Å²) >= 11 is 0. The molecule has 13 nitrogen and oxygen atoms in total. The molecule has 2 saturated heterocycles. The van der Waals surface area contributed by atoms with Crippen molar-refractivity contribution in [3.05, 3.63) is 77.7 Å². The van der Waals surface area contributed by atoms with Gasteiger partial charge in [0.25, 0.3) is 5.91 Å². The first-order chi connectivity index (χ1) is 24.5. The molecule has 0 aliphatic carbocycles. The van der Waals surface area contributed by atoms with Crippen LogP contribution >= 0.6 is 0 Å². The van der Waals surface area contributed by atoms with E-state index in [0.717, 1.165) is 54.3 Å². The number of methoxy groups -OCH3 is 1. The van der Waals surface area contributed by atoms with Crippen molar-refractivity contribution in [2.24, 2.45) is 5.92 Å². The summed E-state index contributed by atoms with van der Waals surface area (Å²) in [6.07, 6.45) is 4.55. The van der Waals surface area contributed by atoms with E-state index < -0.39 is 12.1 Å². The van der Waals surface area contributed by atoms with Crippen LogP contribution in [0.25, 0.3) is 17.0 Å². The Morgan fingerprint density at radius 3 is 2.47 bits per heavy atom. The molecule has 0 radical (unpaired) electrons. The van der Waals surface area contributed by atoms with Crippen LogP contribution < -0.4 is 31.5 Å². The van der Waals surface area contributed by atoms with Crippen LogP contribution in [-0.4, -0.2) is 89.9 Å². The van der Waals surface area contributed by atoms with Crippen molar-refractivity contribution in [3.8, 4) is 11.3 Å². The maximum absolute atomic E-state index is 13.5. The molecular formula is C38H49N9O4. The van der Waals surface area contributed by atoms with Crippen LogP contribution in [0.5, 0.6) is 0 Å². The van der Waals surface area contributed by atoms with E-state index in [-0.39, 0.29) is 29.9 Å². The monoisotopic (exact) mass is 695 g/mol. The van der Waals surface area contributed by atoms with Gasteiger partial charge in [-0.05, 0) is 69.4 Å². The smallest absolute Gasteiger partial charge is 0.407 e. The summed E-state index contributed by atoms with van der Waals surface area (Å²) in [6.45, 7) is 12.4. The predicted octanol–water partition coefficient (Wildman–Crippen LogP) is 4.08. The second-order valence-electron chi connectivity index (χ2n) is 14.0. The second kappa shape index (κ2) is 15.4. The van der Waals surface area contributed by atoms with Gasteiger partial charge in [-0.15, -0.1) is 0 Å². The summed E-state index contributed by atoms with van der Waals surface area (Å²) in [5.41, 5.74) is 5.52. The number of ether oxygens (including phenoxy) is 1. The van der Waals surface area contributed by atoms with Crippen molar-refractivity contribution in [3.63, 3.8) is 0 Å². The normalized spacial score (nSPS) is 22.1. The topological polar surface area (TPSA) is 153 Å². The molecule has 2 fully saturated rings. The number of aromatic nitrogens is 2. The Morgan fingerprint density at radius 2 is 1.78 bits per heavy atom. The fraction of sp³-hybridized carbons (Fsp3) is 0.447. The third-order valence-corrected chi connectivity index (χ3v) is 9.97. The standard InChI is InChI=1S/C38H49N9O4/c1-22(2)34(45-38(50)51-6)37(49)46-17-7-8-32(46)35-41-20-31(43-35)27-11-9-26(10-12-27)30-15-14-29(25(5)42-30)44-36(48)28-13-16-33(40-19-28)47-21-23(3)39-18-24(47)4/h9-16,19-20,22-24,32,34-35,39,41,43H,7-8,17-18,21H2,1-6H3,(H,44,48)(H,45,50)/t23-,24+,32-,34-,35?/m0/s1. The molecular weight excluding hydrogens is 646 g/mol. The fourth-order valence-corrected chi connectivity index (χ4v) is 6.99. The number of nitrogens with zero attached hydrogens (tertiary/aromatic N) is 4. The van der Waals surface area contributed by atoms with Crippen LogP contribution in [0.15, 0.2) is 60.9 Å². The summed E-state index contributed by atoms with van der Waals surface area (Å²) in [5.74, 6) is 0.452. The van der Waals surface area contributed by atoms with Gasteiger partial charge in [-0.2, -0.15) is 0 Å². The Morgan fingerprint density at radius 1 is 1.02 bits per heavy atom. The molecule has 5 heterocycles. The summed E-state index contributed by atoms with van der Waals surface area (Å²) in [6, 6.07) is 15.6. The van der Waals surface area contributed by atoms with E-state index in [4.69, 9.17) is 9.72 Å². The second-order valence-corrected chi connectivity index (χ2v) is 14.0. The quantitative estimate of drug-likeness (QED) is 0.222. The molecule has 3 aromatic rings. The molecule has 0 spiro atoms. The molecule has 0 bridgehead atoms. The number of hydrogen-bond acceptors (Lipinski definition) is 10. The van der Waals surface area contributed by atoms with E-state index in [1.807, 2.05) is 80.4 Å². The number of nitrogens with one attached hydrogen (secondary N) is 5. The van der Waals surface area contributed by atoms with E-state index >= 15 is 0 Å². The van der Waals surface area contributed by atoms with Crippen LogP contribution in [0, 0.1) is 12.8 Å². The van der Waals surface area contributed by atoms with Crippen LogP contribution in [-0.2, 0) is 9.53 Å². The zero-order chi connectivity index (χ0) is 36.2. The van der Waals surface area contributed by atoms with E-state index in [2.05, 4.69) is 50.3 Å². The van der Waals surface area contributed by atoms with Gasteiger partial charge in [0, 0.05) is 49.7 Å². The first-order valence-corrected chi connectivity index (χ1v) is 17.8. The minimum absolute atomic E-state index is 0.0712. The molecule has 0 saturated carbocycles. The number of amides is 3. The third kappa shape index (κ3) is 7.93. The van der Waals surface area contributed by atoms with E-state index in [0.29, 0.717) is 35.6 Å². The predicted molar refractivity (Wildman–Crippen MR) is 198 cm³/mol. The number of aryl methyl sites for hydroxylation is 1. The molecule has 3 aliphatic rings. The highest BCUT2D eigenvalue weighted by Gasteiger charge is 2.40. The minimum atomic E-state index is -0.660. The number of piperazine rings is 1. The van der Waals surface area contributed by atoms with Crippen molar-refractivity contribution in [1.82, 2.24) is 36.1 Å². The van der Waals surface area contributed by atoms with Crippen molar-refractivity contribution < 1.29 is 19.1 Å². The maximum Gasteiger partial charge on any atom is 0.407 e. The zero-order valence-corrected chi connectivity index (χ0v) is 30.2. The number of anilines is 2. The molecule has 5 atom stereocenters. The summed E-state index contributed by atoms with van der Waals surface area (Å²) in [5, 5.41) is 16.2. The lowest BCUT2D eigenvalue weighted by atomic mass is 10.0. The lowest BCUT2D eigenvalue weighted by molar-refractivity contribution is -0.135. The summed E-state index contributed by atoms with van der Waals surface area (Å²) < 4.78 is 4.76. The van der Waals surface area contributed by atoms with E-state index in [1.165, 1.54) is 7.11 Å². The van der Waals surface area contributed by atoms with Gasteiger partial charge in [0.15, 0.2) is 0 Å². The molecule has 5 N–H and O–H groups in total. The van der Waals surface area contributed by atoms with Crippen LogP contribution in [0.2, 0.25) is 0 Å². The highest BCUT2D eigenvalue weighted by molar-refractivity contribution is 6.04. The van der Waals surface area contributed by atoms with Gasteiger partial charge in [-0.25, -0.2) is 9.78 Å². The summed E-state index contributed by atoms with van der Waals surface area (Å²) in [4.78, 5) is 52.1. The summed E-state index contributed by atoms with van der Waals surface area (Å²) in [7, 11) is 1.30. The number of benzene rings is 1. The number of carbonyl (C=O) groups excluding carboxylic acids is 3. The van der Waals surface area contributed by atoms with Gasteiger partial charge in [0.05, 0.1) is 41.5 Å². The van der Waals surface area contributed by atoms with Gasteiger partial charge in [-0.1, -0.05) is 38.1 Å². The van der Waals surface area contributed by atoms with E-state index in [9.17, 15) is 14.4 Å². The largest absolute Gasteiger partial charge is 0.453 e. The molecule has 1 unspecified atom stereocenters. The molecule has 1 aromatic carbocycles. The third-order valence-electron chi connectivity index (χ3n) is 9.97. The van der Waals surface area contributed by atoms with Crippen molar-refractivity contribution in [1.29, 1.82) is 0 Å². The molecule has 270 valence electrons. The fourth-order valence-electron chi connectivity index (χ4n) is 6.99. The van der Waals surface area contributed by atoms with Gasteiger partial charge in [0.2, 0.25) is 5.91 Å². The Hall–Kier alpha value is -5.17. The Kier molecular flexibility index (Phi) is 10.8. The average molecular weight is 696 g/mol. The van der Waals surface area contributed by atoms with Gasteiger partial charge in [0.1, 0.15) is 18.0 Å². The number of likely N-dealkylation sites (tertiary alicyclic amines) is 1. The highest BCUT2D eigenvalue weighted by Crippen LogP contribution is 2.28. The Bertz CT molecular complexity index is 1760. The lowest BCUT2D eigenvalue weighted by Gasteiger charge is -2.38. The molecule has 13 heteroatoms. The van der Waals surface area contributed by atoms with Crippen molar-refractivity contribution in [2.75, 3.05) is 37.0 Å². The number of pyridine rings is 2.